The van der Waals surface area contributed by atoms with Crippen molar-refractivity contribution in [2.75, 3.05) is 4.90 Å². The van der Waals surface area contributed by atoms with Crippen molar-refractivity contribution in [2.24, 2.45) is 0 Å². The maximum absolute atomic E-state index is 6.30. The van der Waals surface area contributed by atoms with E-state index < -0.39 is 0 Å². The molecule has 2 heteroatoms. The molecule has 2 nitrogen and oxygen atoms in total. The van der Waals surface area contributed by atoms with Gasteiger partial charge in [0.2, 0.25) is 0 Å². The van der Waals surface area contributed by atoms with Crippen molar-refractivity contribution in [3.8, 4) is 33.4 Å². The molecule has 0 saturated carbocycles. The zero-order valence-electron chi connectivity index (χ0n) is 30.6. The molecule has 0 N–H and O–H groups in total. The summed E-state index contributed by atoms with van der Waals surface area (Å²) >= 11 is 0. The summed E-state index contributed by atoms with van der Waals surface area (Å²) in [6, 6.07) is 76.6. The van der Waals surface area contributed by atoms with E-state index in [1.807, 2.05) is 12.1 Å². The molecule has 1 aromatic heterocycles. The van der Waals surface area contributed by atoms with Crippen molar-refractivity contribution in [3.05, 3.63) is 212 Å². The summed E-state index contributed by atoms with van der Waals surface area (Å²) in [7, 11) is 0. The Hall–Kier alpha value is -7.42. The van der Waals surface area contributed by atoms with Crippen LogP contribution < -0.4 is 4.90 Å². The van der Waals surface area contributed by atoms with Crippen molar-refractivity contribution < 1.29 is 4.42 Å². The molecule has 0 bridgehead atoms. The highest BCUT2D eigenvalue weighted by Gasteiger charge is 2.18. The average Bonchev–Trinajstić information content (AvgIpc) is 3.64. The van der Waals surface area contributed by atoms with Crippen LogP contribution in [0.5, 0.6) is 0 Å². The first-order chi connectivity index (χ1) is 27.7. The van der Waals surface area contributed by atoms with Crippen LogP contribution in [0.2, 0.25) is 0 Å². The summed E-state index contributed by atoms with van der Waals surface area (Å²) < 4.78 is 6.30. The number of fused-ring (bicyclic) bond motifs is 6. The van der Waals surface area contributed by atoms with Gasteiger partial charge in [-0.2, -0.15) is 0 Å². The van der Waals surface area contributed by atoms with Gasteiger partial charge in [-0.25, -0.2) is 0 Å². The van der Waals surface area contributed by atoms with Crippen LogP contribution in [-0.2, 0) is 0 Å². The predicted octanol–water partition coefficient (Wildman–Crippen LogP) is 15.5. The van der Waals surface area contributed by atoms with Gasteiger partial charge in [0, 0.05) is 27.5 Å². The molecule has 56 heavy (non-hydrogen) atoms. The van der Waals surface area contributed by atoms with Crippen LogP contribution in [0.15, 0.2) is 217 Å². The first kappa shape index (κ1) is 32.0. The number of hydrogen-bond donors (Lipinski definition) is 0. The summed E-state index contributed by atoms with van der Waals surface area (Å²) in [6.07, 6.45) is 0. The Bertz CT molecular complexity index is 3250. The van der Waals surface area contributed by atoms with E-state index in [1.165, 1.54) is 60.1 Å². The molecule has 10 aromatic carbocycles. The molecule has 0 spiro atoms. The van der Waals surface area contributed by atoms with Crippen LogP contribution >= 0.6 is 0 Å². The standard InChI is InChI=1S/C54H35NO/c1-3-11-36(12-4-1)38-21-19-37-20-22-40(33-44(37)32-38)39-23-24-42-34-46(27-25-41(42)31-39)55(45-13-5-2-6-14-45)52-30-29-47(48-15-7-8-16-49(48)52)43-26-28-51-50-17-9-10-18-53(50)56-54(51)35-43/h1-35H. The molecule has 11 aromatic rings. The Morgan fingerprint density at radius 1 is 0.286 bits per heavy atom. The zero-order valence-corrected chi connectivity index (χ0v) is 30.6. The number of nitrogens with zero attached hydrogens (tertiary/aromatic N) is 1. The van der Waals surface area contributed by atoms with Crippen LogP contribution in [0.1, 0.15) is 0 Å². The number of hydrogen-bond acceptors (Lipinski definition) is 2. The molecular formula is C54H35NO. The Balaban J connectivity index is 0.991. The summed E-state index contributed by atoms with van der Waals surface area (Å²) in [5, 5.41) is 9.54. The van der Waals surface area contributed by atoms with E-state index in [4.69, 9.17) is 4.42 Å². The lowest BCUT2D eigenvalue weighted by molar-refractivity contribution is 0.669. The normalized spacial score (nSPS) is 11.6. The van der Waals surface area contributed by atoms with E-state index in [1.54, 1.807) is 0 Å². The van der Waals surface area contributed by atoms with Crippen LogP contribution in [0.25, 0.3) is 87.6 Å². The second-order valence-electron chi connectivity index (χ2n) is 14.5. The molecule has 0 atom stereocenters. The molecule has 0 amide bonds. The summed E-state index contributed by atoms with van der Waals surface area (Å²) in [5.74, 6) is 0. The van der Waals surface area contributed by atoms with Gasteiger partial charge in [0.25, 0.3) is 0 Å². The van der Waals surface area contributed by atoms with Crippen molar-refractivity contribution in [3.63, 3.8) is 0 Å². The van der Waals surface area contributed by atoms with E-state index in [2.05, 4.69) is 205 Å². The van der Waals surface area contributed by atoms with Crippen molar-refractivity contribution in [1.82, 2.24) is 0 Å². The van der Waals surface area contributed by atoms with Crippen molar-refractivity contribution >= 4 is 71.3 Å². The molecule has 0 aliphatic heterocycles. The van der Waals surface area contributed by atoms with E-state index in [-0.39, 0.29) is 0 Å². The van der Waals surface area contributed by atoms with Crippen LogP contribution in [0, 0.1) is 0 Å². The molecule has 0 aliphatic carbocycles. The monoisotopic (exact) mass is 713 g/mol. The molecular weight excluding hydrogens is 679 g/mol. The van der Waals surface area contributed by atoms with Gasteiger partial charge in [-0.05, 0) is 127 Å². The third-order valence-corrected chi connectivity index (χ3v) is 11.2. The van der Waals surface area contributed by atoms with Gasteiger partial charge in [0.15, 0.2) is 0 Å². The van der Waals surface area contributed by atoms with Crippen LogP contribution in [-0.4, -0.2) is 0 Å². The second kappa shape index (κ2) is 13.2. The van der Waals surface area contributed by atoms with Gasteiger partial charge >= 0.3 is 0 Å². The zero-order chi connectivity index (χ0) is 37.0. The maximum Gasteiger partial charge on any atom is 0.136 e. The number of furan rings is 1. The molecule has 0 aliphatic rings. The van der Waals surface area contributed by atoms with Gasteiger partial charge in [-0.15, -0.1) is 0 Å². The fourth-order valence-corrected chi connectivity index (χ4v) is 8.42. The third-order valence-electron chi connectivity index (χ3n) is 11.2. The Morgan fingerprint density at radius 3 is 1.64 bits per heavy atom. The highest BCUT2D eigenvalue weighted by Crippen LogP contribution is 2.43. The minimum Gasteiger partial charge on any atom is -0.456 e. The largest absolute Gasteiger partial charge is 0.456 e. The smallest absolute Gasteiger partial charge is 0.136 e. The fourth-order valence-electron chi connectivity index (χ4n) is 8.42. The van der Waals surface area contributed by atoms with E-state index in [0.717, 1.165) is 44.6 Å². The molecule has 0 radical (unpaired) electrons. The number of anilines is 3. The first-order valence-electron chi connectivity index (χ1n) is 19.2. The minimum atomic E-state index is 0.903. The quantitative estimate of drug-likeness (QED) is 0.171. The predicted molar refractivity (Wildman–Crippen MR) is 237 cm³/mol. The van der Waals surface area contributed by atoms with E-state index in [9.17, 15) is 0 Å². The summed E-state index contributed by atoms with van der Waals surface area (Å²) in [4.78, 5) is 2.38. The molecule has 262 valence electrons. The van der Waals surface area contributed by atoms with Crippen molar-refractivity contribution in [1.29, 1.82) is 0 Å². The Morgan fingerprint density at radius 2 is 0.857 bits per heavy atom. The Kier molecular flexibility index (Phi) is 7.53. The molecule has 0 saturated heterocycles. The summed E-state index contributed by atoms with van der Waals surface area (Å²) in [6.45, 7) is 0. The maximum atomic E-state index is 6.30. The van der Waals surface area contributed by atoms with Gasteiger partial charge in [0.05, 0.1) is 5.69 Å². The number of rotatable bonds is 6. The van der Waals surface area contributed by atoms with Gasteiger partial charge in [-0.1, -0.05) is 146 Å². The third kappa shape index (κ3) is 5.51. The highest BCUT2D eigenvalue weighted by molar-refractivity contribution is 6.10. The van der Waals surface area contributed by atoms with Crippen LogP contribution in [0.4, 0.5) is 17.1 Å². The van der Waals surface area contributed by atoms with Gasteiger partial charge in [-0.3, -0.25) is 0 Å². The lowest BCUT2D eigenvalue weighted by Crippen LogP contribution is -2.10. The summed E-state index contributed by atoms with van der Waals surface area (Å²) in [5.41, 5.74) is 12.4. The molecule has 11 rings (SSSR count). The first-order valence-corrected chi connectivity index (χ1v) is 19.2. The second-order valence-corrected chi connectivity index (χ2v) is 14.5. The van der Waals surface area contributed by atoms with Crippen LogP contribution in [0.3, 0.4) is 0 Å². The number of benzene rings is 10. The molecule has 0 fully saturated rings. The minimum absolute atomic E-state index is 0.903. The molecule has 1 heterocycles. The number of para-hydroxylation sites is 2. The topological polar surface area (TPSA) is 16.4 Å². The SMILES string of the molecule is c1ccc(-c2ccc3ccc(-c4ccc5cc(N(c6ccccc6)c6ccc(-c7ccc8c(c7)oc7ccccc78)c7ccccc67)ccc5c4)cc3c2)cc1. The molecule has 0 unspecified atom stereocenters. The van der Waals surface area contributed by atoms with Gasteiger partial charge < -0.3 is 9.32 Å². The van der Waals surface area contributed by atoms with Gasteiger partial charge in [0.1, 0.15) is 11.2 Å². The lowest BCUT2D eigenvalue weighted by atomic mass is 9.95. The highest BCUT2D eigenvalue weighted by atomic mass is 16.3. The van der Waals surface area contributed by atoms with E-state index in [0.29, 0.717) is 0 Å². The fraction of sp³-hybridized carbons (Fsp3) is 0. The van der Waals surface area contributed by atoms with Crippen molar-refractivity contribution in [2.45, 2.75) is 0 Å². The average molecular weight is 714 g/mol. The lowest BCUT2D eigenvalue weighted by Gasteiger charge is -2.28. The van der Waals surface area contributed by atoms with E-state index >= 15 is 0 Å². The Labute approximate surface area is 325 Å².